The first-order chi connectivity index (χ1) is 14.9. The molecule has 0 atom stereocenters. The molecule has 0 aliphatic carbocycles. The van der Waals surface area contributed by atoms with Gasteiger partial charge in [0.25, 0.3) is 0 Å². The Hall–Kier alpha value is -2.64. The number of ether oxygens (including phenoxy) is 1. The minimum Gasteiger partial charge on any atom is -0.494 e. The van der Waals surface area contributed by atoms with Gasteiger partial charge in [0, 0.05) is 29.3 Å². The van der Waals surface area contributed by atoms with Crippen LogP contribution in [0.15, 0.2) is 18.2 Å². The lowest BCUT2D eigenvalue weighted by Gasteiger charge is -2.21. The maximum absolute atomic E-state index is 15.1. The average molecular weight is 478 g/mol. The number of halogens is 9. The van der Waals surface area contributed by atoms with Gasteiger partial charge in [-0.25, -0.2) is 39.5 Å². The fraction of sp³-hybridized carbons (Fsp3) is 0.143. The molecule has 0 amide bonds. The van der Waals surface area contributed by atoms with E-state index in [0.29, 0.717) is 6.07 Å². The van der Waals surface area contributed by atoms with Gasteiger partial charge in [-0.15, -0.1) is 0 Å². The minimum atomic E-state index is -4.62. The third-order valence-corrected chi connectivity index (χ3v) is 8.41. The molecule has 11 heteroatoms. The Morgan fingerprint density at radius 3 is 1.38 bits per heavy atom. The largest absolute Gasteiger partial charge is 0.494 e. The van der Waals surface area contributed by atoms with Crippen molar-refractivity contribution >= 4 is 27.4 Å². The van der Waals surface area contributed by atoms with Crippen molar-refractivity contribution in [2.45, 2.75) is 13.8 Å². The Labute approximate surface area is 180 Å². The smallest absolute Gasteiger partial charge is 0.412 e. The van der Waals surface area contributed by atoms with Gasteiger partial charge in [-0.2, -0.15) is 0 Å². The molecule has 0 unspecified atom stereocenters. The molecule has 3 rings (SSSR count). The SMILES string of the molecule is COc1cc(F)c(F)[c]([Al]([c]2c(F)cc(F)c(C)c2F)[c]2c(F)cc(F)c(C)c2F)c1F. The molecule has 0 heterocycles. The van der Waals surface area contributed by atoms with Crippen LogP contribution in [0.1, 0.15) is 11.1 Å². The zero-order chi connectivity index (χ0) is 24.1. The highest BCUT2D eigenvalue weighted by molar-refractivity contribution is 6.95. The predicted octanol–water partition coefficient (Wildman–Crippen LogP) is 4.08. The fourth-order valence-corrected chi connectivity index (χ4v) is 6.69. The normalized spacial score (nSPS) is 11.1. The molecule has 0 bridgehead atoms. The summed E-state index contributed by atoms with van der Waals surface area (Å²) < 4.78 is 132. The highest BCUT2D eigenvalue weighted by Gasteiger charge is 2.43. The standard InChI is InChI=1S/C7H4F3O.2C7H4F3.Al/c1-11-7-3-5(9)4(8)2-6(7)10;2*1-4-6(9)2-5(8)3-7(4)10;/h3H,1H3;2*2H,1H3;. The number of hydrogen-bond donors (Lipinski definition) is 0. The highest BCUT2D eigenvalue weighted by atomic mass is 27.2. The first-order valence-electron chi connectivity index (χ1n) is 8.91. The second-order valence-corrected chi connectivity index (χ2v) is 9.52. The van der Waals surface area contributed by atoms with Crippen LogP contribution < -0.4 is 18.0 Å². The van der Waals surface area contributed by atoms with E-state index in [1.807, 2.05) is 0 Å². The Morgan fingerprint density at radius 1 is 0.531 bits per heavy atom. The Balaban J connectivity index is 2.58. The molecule has 168 valence electrons. The lowest BCUT2D eigenvalue weighted by molar-refractivity contribution is 0.379. The van der Waals surface area contributed by atoms with Gasteiger partial charge in [0.2, 0.25) is 0 Å². The molecule has 0 N–H and O–H groups in total. The van der Waals surface area contributed by atoms with Gasteiger partial charge in [0.1, 0.15) is 40.7 Å². The third-order valence-electron chi connectivity index (χ3n) is 5.11. The second-order valence-electron chi connectivity index (χ2n) is 6.92. The van der Waals surface area contributed by atoms with Gasteiger partial charge in [0.15, 0.2) is 17.4 Å². The molecule has 3 aromatic rings. The van der Waals surface area contributed by atoms with E-state index in [4.69, 9.17) is 0 Å². The summed E-state index contributed by atoms with van der Waals surface area (Å²) >= 11 is -4.62. The first-order valence-corrected chi connectivity index (χ1v) is 10.6. The van der Waals surface area contributed by atoms with Crippen LogP contribution in [0.3, 0.4) is 0 Å². The third kappa shape index (κ3) is 3.73. The number of hydrogen-bond acceptors (Lipinski definition) is 1. The molecule has 0 aliphatic rings. The van der Waals surface area contributed by atoms with E-state index in [1.165, 1.54) is 0 Å². The maximum atomic E-state index is 15.1. The van der Waals surface area contributed by atoms with Crippen molar-refractivity contribution in [2.24, 2.45) is 0 Å². The summed E-state index contributed by atoms with van der Waals surface area (Å²) in [6, 6.07) is 0.642. The quantitative estimate of drug-likeness (QED) is 0.312. The van der Waals surface area contributed by atoms with Crippen LogP contribution in [-0.4, -0.2) is 21.3 Å². The van der Waals surface area contributed by atoms with E-state index in [2.05, 4.69) is 4.74 Å². The van der Waals surface area contributed by atoms with Crippen molar-refractivity contribution in [1.29, 1.82) is 0 Å². The van der Waals surface area contributed by atoms with Crippen LogP contribution >= 0.6 is 0 Å². The molecule has 0 spiro atoms. The van der Waals surface area contributed by atoms with Crippen LogP contribution in [0.4, 0.5) is 39.5 Å². The fourth-order valence-electron chi connectivity index (χ4n) is 3.38. The van der Waals surface area contributed by atoms with E-state index in [-0.39, 0.29) is 12.1 Å². The zero-order valence-corrected chi connectivity index (χ0v) is 17.8. The van der Waals surface area contributed by atoms with E-state index in [0.717, 1.165) is 21.0 Å². The van der Waals surface area contributed by atoms with Gasteiger partial charge < -0.3 is 4.74 Å². The van der Waals surface area contributed by atoms with Crippen molar-refractivity contribution < 1.29 is 44.3 Å². The van der Waals surface area contributed by atoms with Gasteiger partial charge in [0.05, 0.1) is 7.11 Å². The summed E-state index contributed by atoms with van der Waals surface area (Å²) in [7, 11) is 0.877. The van der Waals surface area contributed by atoms with E-state index < -0.39 is 96.7 Å². The van der Waals surface area contributed by atoms with Crippen molar-refractivity contribution in [3.8, 4) is 5.75 Å². The van der Waals surface area contributed by atoms with Crippen molar-refractivity contribution in [3.05, 3.63) is 81.7 Å². The van der Waals surface area contributed by atoms with Gasteiger partial charge in [-0.3, -0.25) is 0 Å². The predicted molar refractivity (Wildman–Crippen MR) is 99.6 cm³/mol. The van der Waals surface area contributed by atoms with Crippen molar-refractivity contribution in [3.63, 3.8) is 0 Å². The number of methoxy groups -OCH3 is 1. The van der Waals surface area contributed by atoms with Gasteiger partial charge in [-0.05, 0) is 27.1 Å². The Bertz CT molecular complexity index is 1180. The van der Waals surface area contributed by atoms with Crippen LogP contribution in [-0.2, 0) is 0 Å². The first kappa shape index (κ1) is 24.0. The highest BCUT2D eigenvalue weighted by Crippen LogP contribution is 2.23. The number of benzene rings is 3. The minimum absolute atomic E-state index is 0.173. The molecule has 3 aromatic carbocycles. The Kier molecular flexibility index (Phi) is 6.54. The van der Waals surface area contributed by atoms with E-state index >= 15 is 13.2 Å². The topological polar surface area (TPSA) is 9.23 Å². The molecule has 0 saturated heterocycles. The molecule has 0 radical (unpaired) electrons. The molecular formula is C21H12AlF9O. The summed E-state index contributed by atoms with van der Waals surface area (Å²) in [5.41, 5.74) is -1.61. The van der Waals surface area contributed by atoms with Crippen LogP contribution in [0, 0.1) is 66.2 Å². The monoisotopic (exact) mass is 478 g/mol. The summed E-state index contributed by atoms with van der Waals surface area (Å²) in [4.78, 5) is 0. The van der Waals surface area contributed by atoms with Crippen molar-refractivity contribution in [2.75, 3.05) is 7.11 Å². The molecule has 32 heavy (non-hydrogen) atoms. The number of rotatable bonds is 4. The summed E-state index contributed by atoms with van der Waals surface area (Å²) in [5, 5.41) is 0. The van der Waals surface area contributed by atoms with Crippen molar-refractivity contribution in [1.82, 2.24) is 0 Å². The maximum Gasteiger partial charge on any atom is 0.412 e. The summed E-state index contributed by atoms with van der Waals surface area (Å²) in [6.07, 6.45) is 0. The molecule has 0 aromatic heterocycles. The lowest BCUT2D eigenvalue weighted by atomic mass is 10.2. The molecule has 0 saturated carbocycles. The van der Waals surface area contributed by atoms with Crippen LogP contribution in [0.2, 0.25) is 0 Å². The average Bonchev–Trinajstić information content (AvgIpc) is 2.72. The molecule has 0 aliphatic heterocycles. The van der Waals surface area contributed by atoms with Gasteiger partial charge in [-0.1, -0.05) is 0 Å². The van der Waals surface area contributed by atoms with E-state index in [1.54, 1.807) is 0 Å². The zero-order valence-electron chi connectivity index (χ0n) is 16.6. The van der Waals surface area contributed by atoms with Crippen LogP contribution in [0.25, 0.3) is 0 Å². The van der Waals surface area contributed by atoms with Gasteiger partial charge >= 0.3 is 14.1 Å². The summed E-state index contributed by atoms with van der Waals surface area (Å²) in [5.74, 6) is -15.7. The van der Waals surface area contributed by atoms with E-state index in [9.17, 15) is 26.3 Å². The second kappa shape index (κ2) is 8.71. The molecule has 1 nitrogen and oxygen atoms in total. The molecule has 0 fully saturated rings. The lowest BCUT2D eigenvalue weighted by Crippen LogP contribution is -2.59. The summed E-state index contributed by atoms with van der Waals surface area (Å²) in [6.45, 7) is 1.72. The molecular weight excluding hydrogens is 466 g/mol. The Morgan fingerprint density at radius 2 is 0.969 bits per heavy atom. The van der Waals surface area contributed by atoms with Crippen LogP contribution in [0.5, 0.6) is 5.75 Å².